The van der Waals surface area contributed by atoms with E-state index in [9.17, 15) is 9.59 Å². The zero-order valence-corrected chi connectivity index (χ0v) is 15.1. The Morgan fingerprint density at radius 2 is 1.48 bits per heavy atom. The Hall–Kier alpha value is -1.81. The summed E-state index contributed by atoms with van der Waals surface area (Å²) in [6.07, 6.45) is 5.45. The van der Waals surface area contributed by atoms with E-state index in [-0.39, 0.29) is 11.8 Å². The van der Waals surface area contributed by atoms with Crippen molar-refractivity contribution >= 4 is 23.4 Å². The number of halogens is 1. The van der Waals surface area contributed by atoms with E-state index in [4.69, 9.17) is 11.6 Å². The highest BCUT2D eigenvalue weighted by Gasteiger charge is 2.30. The molecule has 3 aliphatic rings. The summed E-state index contributed by atoms with van der Waals surface area (Å²) in [7, 11) is 0. The van der Waals surface area contributed by atoms with Crippen molar-refractivity contribution in [1.29, 1.82) is 0 Å². The molecule has 1 aromatic carbocycles. The first-order valence-electron chi connectivity index (χ1n) is 9.19. The topological polar surface area (TPSA) is 40.6 Å². The molecule has 0 radical (unpaired) electrons. The minimum atomic E-state index is 0.0493. The third-order valence-corrected chi connectivity index (χ3v) is 6.19. The molecule has 2 fully saturated rings. The standard InChI is InChI=1S/C20H23ClN2O2/c21-18-9-8-17(18)20(25)23-12-10-22(11-13-23)19(24)16-6-4-15(5-7-16)14-2-1-3-14/h4-7,14H,1-3,8-13H2. The van der Waals surface area contributed by atoms with Crippen molar-refractivity contribution in [3.05, 3.63) is 46.0 Å². The average Bonchev–Trinajstić information content (AvgIpc) is 2.59. The van der Waals surface area contributed by atoms with E-state index in [2.05, 4.69) is 12.1 Å². The molecule has 4 nitrogen and oxygen atoms in total. The molecule has 0 aromatic heterocycles. The van der Waals surface area contributed by atoms with Crippen LogP contribution in [0.2, 0.25) is 0 Å². The van der Waals surface area contributed by atoms with Crippen molar-refractivity contribution in [2.24, 2.45) is 0 Å². The predicted octanol–water partition coefficient (Wildman–Crippen LogP) is 3.53. The quantitative estimate of drug-likeness (QED) is 0.829. The number of nitrogens with zero attached hydrogens (tertiary/aromatic N) is 2. The Bertz CT molecular complexity index is 714. The van der Waals surface area contributed by atoms with Crippen LogP contribution < -0.4 is 0 Å². The average molecular weight is 359 g/mol. The molecule has 2 amide bonds. The van der Waals surface area contributed by atoms with Gasteiger partial charge in [-0.15, -0.1) is 0 Å². The Morgan fingerprint density at radius 3 is 1.92 bits per heavy atom. The van der Waals surface area contributed by atoms with Crippen molar-refractivity contribution < 1.29 is 9.59 Å². The van der Waals surface area contributed by atoms with Crippen LogP contribution >= 0.6 is 11.6 Å². The number of rotatable bonds is 3. The fraction of sp³-hybridized carbons (Fsp3) is 0.500. The molecule has 132 valence electrons. The van der Waals surface area contributed by atoms with E-state index in [0.717, 1.165) is 24.0 Å². The van der Waals surface area contributed by atoms with E-state index >= 15 is 0 Å². The van der Waals surface area contributed by atoms with Crippen LogP contribution in [0.3, 0.4) is 0 Å². The molecular formula is C20H23ClN2O2. The molecule has 0 spiro atoms. The molecule has 0 bridgehead atoms. The van der Waals surface area contributed by atoms with Gasteiger partial charge in [0.25, 0.3) is 11.8 Å². The highest BCUT2D eigenvalue weighted by atomic mass is 35.5. The summed E-state index contributed by atoms with van der Waals surface area (Å²) >= 11 is 6.01. The first kappa shape index (κ1) is 16.6. The summed E-state index contributed by atoms with van der Waals surface area (Å²) in [6.45, 7) is 2.33. The molecule has 1 aliphatic heterocycles. The van der Waals surface area contributed by atoms with Crippen molar-refractivity contribution in [3.63, 3.8) is 0 Å². The molecule has 1 saturated carbocycles. The van der Waals surface area contributed by atoms with Gasteiger partial charge in [-0.1, -0.05) is 30.2 Å². The van der Waals surface area contributed by atoms with Crippen LogP contribution in [0.1, 0.15) is 53.9 Å². The highest BCUT2D eigenvalue weighted by Crippen LogP contribution is 2.36. The molecule has 0 unspecified atom stereocenters. The molecule has 1 saturated heterocycles. The molecule has 0 atom stereocenters. The molecule has 0 N–H and O–H groups in total. The Labute approximate surface area is 153 Å². The summed E-state index contributed by atoms with van der Waals surface area (Å²) in [5.74, 6) is 0.799. The smallest absolute Gasteiger partial charge is 0.253 e. The normalized spacial score (nSPS) is 21.0. The Balaban J connectivity index is 1.34. The zero-order valence-electron chi connectivity index (χ0n) is 14.3. The van der Waals surface area contributed by atoms with Gasteiger partial charge >= 0.3 is 0 Å². The van der Waals surface area contributed by atoms with Gasteiger partial charge in [0.1, 0.15) is 0 Å². The van der Waals surface area contributed by atoms with E-state index in [1.807, 2.05) is 21.9 Å². The van der Waals surface area contributed by atoms with Gasteiger partial charge in [0, 0.05) is 42.3 Å². The number of carbonyl (C=O) groups is 2. The van der Waals surface area contributed by atoms with Gasteiger partial charge in [0.15, 0.2) is 0 Å². The maximum absolute atomic E-state index is 12.7. The SMILES string of the molecule is O=C(C1=C(Cl)CC1)N1CCN(C(=O)c2ccc(C3CCC3)cc2)CC1. The van der Waals surface area contributed by atoms with E-state index in [1.54, 1.807) is 0 Å². The second-order valence-electron chi connectivity index (χ2n) is 7.22. The lowest BCUT2D eigenvalue weighted by atomic mass is 9.80. The van der Waals surface area contributed by atoms with E-state index in [0.29, 0.717) is 37.1 Å². The number of hydrogen-bond donors (Lipinski definition) is 0. The van der Waals surface area contributed by atoms with Gasteiger partial charge < -0.3 is 9.80 Å². The molecule has 4 rings (SSSR count). The predicted molar refractivity (Wildman–Crippen MR) is 97.6 cm³/mol. The van der Waals surface area contributed by atoms with E-state index < -0.39 is 0 Å². The molecule has 25 heavy (non-hydrogen) atoms. The monoisotopic (exact) mass is 358 g/mol. The number of allylic oxidation sites excluding steroid dienone is 1. The Morgan fingerprint density at radius 1 is 0.880 bits per heavy atom. The van der Waals surface area contributed by atoms with Crippen LogP contribution in [-0.4, -0.2) is 47.8 Å². The minimum absolute atomic E-state index is 0.0493. The molecular weight excluding hydrogens is 336 g/mol. The van der Waals surface area contributed by atoms with E-state index in [1.165, 1.54) is 24.8 Å². The van der Waals surface area contributed by atoms with Gasteiger partial charge in [0.2, 0.25) is 0 Å². The van der Waals surface area contributed by atoms with Crippen LogP contribution in [0.15, 0.2) is 34.9 Å². The first-order valence-corrected chi connectivity index (χ1v) is 9.57. The van der Waals surface area contributed by atoms with Crippen molar-refractivity contribution in [2.45, 2.75) is 38.0 Å². The van der Waals surface area contributed by atoms with Gasteiger partial charge in [-0.05, 0) is 49.3 Å². The second kappa shape index (κ2) is 6.83. The lowest BCUT2D eigenvalue weighted by Crippen LogP contribution is -2.51. The number of piperazine rings is 1. The van der Waals surface area contributed by atoms with Crippen molar-refractivity contribution in [2.75, 3.05) is 26.2 Å². The van der Waals surface area contributed by atoms with Crippen molar-refractivity contribution in [1.82, 2.24) is 9.80 Å². The fourth-order valence-corrected chi connectivity index (χ4v) is 3.96. The maximum atomic E-state index is 12.7. The highest BCUT2D eigenvalue weighted by molar-refractivity contribution is 6.33. The third kappa shape index (κ3) is 3.20. The molecule has 1 aromatic rings. The molecule has 1 heterocycles. The van der Waals surface area contributed by atoms with Gasteiger partial charge in [-0.2, -0.15) is 0 Å². The second-order valence-corrected chi connectivity index (χ2v) is 7.67. The Kier molecular flexibility index (Phi) is 4.55. The molecule has 5 heteroatoms. The summed E-state index contributed by atoms with van der Waals surface area (Å²) in [5.41, 5.74) is 2.85. The van der Waals surface area contributed by atoms with Crippen LogP contribution in [0.25, 0.3) is 0 Å². The van der Waals surface area contributed by atoms with Crippen LogP contribution in [0.5, 0.6) is 0 Å². The number of carbonyl (C=O) groups excluding carboxylic acids is 2. The minimum Gasteiger partial charge on any atom is -0.335 e. The number of benzene rings is 1. The number of hydrogen-bond acceptors (Lipinski definition) is 2. The summed E-state index contributed by atoms with van der Waals surface area (Å²) in [6, 6.07) is 8.10. The largest absolute Gasteiger partial charge is 0.335 e. The van der Waals surface area contributed by atoms with Crippen LogP contribution in [0.4, 0.5) is 0 Å². The van der Waals surface area contributed by atoms with Crippen molar-refractivity contribution in [3.8, 4) is 0 Å². The lowest BCUT2D eigenvalue weighted by Gasteiger charge is -2.36. The summed E-state index contributed by atoms with van der Waals surface area (Å²) in [4.78, 5) is 28.7. The fourth-order valence-electron chi connectivity index (χ4n) is 3.69. The summed E-state index contributed by atoms with van der Waals surface area (Å²) in [5, 5.41) is 0.704. The van der Waals surface area contributed by atoms with Gasteiger partial charge in [-0.25, -0.2) is 0 Å². The molecule has 2 aliphatic carbocycles. The maximum Gasteiger partial charge on any atom is 0.253 e. The zero-order chi connectivity index (χ0) is 17.4. The van der Waals surface area contributed by atoms with Gasteiger partial charge in [0.05, 0.1) is 0 Å². The number of amides is 2. The lowest BCUT2D eigenvalue weighted by molar-refractivity contribution is -0.129. The van der Waals surface area contributed by atoms with Crippen LogP contribution in [-0.2, 0) is 4.79 Å². The van der Waals surface area contributed by atoms with Gasteiger partial charge in [-0.3, -0.25) is 9.59 Å². The third-order valence-electron chi connectivity index (χ3n) is 5.77. The first-order chi connectivity index (χ1) is 12.1. The summed E-state index contributed by atoms with van der Waals surface area (Å²) < 4.78 is 0. The van der Waals surface area contributed by atoms with Crippen LogP contribution in [0, 0.1) is 0 Å².